The highest BCUT2D eigenvalue weighted by atomic mass is 32.2. The quantitative estimate of drug-likeness (QED) is 0.723. The van der Waals surface area contributed by atoms with E-state index in [9.17, 15) is 4.79 Å². The molecular formula is C17H17N5OS. The Kier molecular flexibility index (Phi) is 4.90. The summed E-state index contributed by atoms with van der Waals surface area (Å²) in [5.74, 6) is 1.54. The Hall–Kier alpha value is -2.67. The molecule has 0 aliphatic heterocycles. The van der Waals surface area contributed by atoms with Gasteiger partial charge >= 0.3 is 0 Å². The lowest BCUT2D eigenvalue weighted by Gasteiger charge is -2.12. The molecule has 3 aromatic rings. The second kappa shape index (κ2) is 7.27. The first-order valence-electron chi connectivity index (χ1n) is 7.48. The average Bonchev–Trinajstić information content (AvgIpc) is 3.02. The molecule has 3 heterocycles. The molecule has 1 unspecified atom stereocenters. The van der Waals surface area contributed by atoms with Crippen molar-refractivity contribution in [2.45, 2.75) is 24.1 Å². The van der Waals surface area contributed by atoms with E-state index in [-0.39, 0.29) is 11.2 Å². The third kappa shape index (κ3) is 3.80. The van der Waals surface area contributed by atoms with Gasteiger partial charge in [0.05, 0.1) is 22.2 Å². The van der Waals surface area contributed by atoms with Gasteiger partial charge in [0.2, 0.25) is 5.91 Å². The number of rotatable bonds is 5. The van der Waals surface area contributed by atoms with Crippen molar-refractivity contribution in [3.8, 4) is 5.82 Å². The predicted molar refractivity (Wildman–Crippen MR) is 94.3 cm³/mol. The molecular weight excluding hydrogens is 322 g/mol. The fourth-order valence-corrected chi connectivity index (χ4v) is 2.92. The van der Waals surface area contributed by atoms with Crippen molar-refractivity contribution in [2.75, 3.05) is 5.32 Å². The molecule has 0 saturated carbocycles. The van der Waals surface area contributed by atoms with Crippen LogP contribution in [0.15, 0.2) is 60.1 Å². The van der Waals surface area contributed by atoms with E-state index in [1.165, 1.54) is 11.8 Å². The Bertz CT molecular complexity index is 817. The van der Waals surface area contributed by atoms with Crippen molar-refractivity contribution in [1.82, 2.24) is 19.5 Å². The number of hydrogen-bond donors (Lipinski definition) is 1. The highest BCUT2D eigenvalue weighted by Gasteiger charge is 2.15. The van der Waals surface area contributed by atoms with E-state index in [0.29, 0.717) is 5.69 Å². The van der Waals surface area contributed by atoms with Gasteiger partial charge in [-0.3, -0.25) is 9.36 Å². The minimum Gasteiger partial charge on any atom is -0.324 e. The number of nitrogens with one attached hydrogen (secondary N) is 1. The fourth-order valence-electron chi connectivity index (χ4n) is 2.12. The van der Waals surface area contributed by atoms with Gasteiger partial charge in [0.15, 0.2) is 0 Å². The van der Waals surface area contributed by atoms with Gasteiger partial charge in [-0.1, -0.05) is 17.8 Å². The van der Waals surface area contributed by atoms with E-state index in [0.717, 1.165) is 16.7 Å². The molecule has 3 aromatic heterocycles. The summed E-state index contributed by atoms with van der Waals surface area (Å²) in [7, 11) is 0. The molecule has 6 nitrogen and oxygen atoms in total. The molecule has 0 aromatic carbocycles. The van der Waals surface area contributed by atoms with Gasteiger partial charge in [0, 0.05) is 18.6 Å². The Morgan fingerprint density at radius 1 is 1.17 bits per heavy atom. The Morgan fingerprint density at radius 2 is 2.04 bits per heavy atom. The summed E-state index contributed by atoms with van der Waals surface area (Å²) >= 11 is 1.42. The second-order valence-electron chi connectivity index (χ2n) is 5.17. The number of anilines is 1. The highest BCUT2D eigenvalue weighted by molar-refractivity contribution is 8.00. The largest absolute Gasteiger partial charge is 0.324 e. The summed E-state index contributed by atoms with van der Waals surface area (Å²) < 4.78 is 1.88. The third-order valence-corrected chi connectivity index (χ3v) is 4.44. The van der Waals surface area contributed by atoms with Gasteiger partial charge in [-0.2, -0.15) is 0 Å². The molecule has 3 rings (SSSR count). The molecule has 24 heavy (non-hydrogen) atoms. The lowest BCUT2D eigenvalue weighted by molar-refractivity contribution is -0.115. The number of aromatic nitrogens is 4. The van der Waals surface area contributed by atoms with E-state index in [4.69, 9.17) is 0 Å². The highest BCUT2D eigenvalue weighted by Crippen LogP contribution is 2.21. The number of pyridine rings is 2. The van der Waals surface area contributed by atoms with E-state index >= 15 is 0 Å². The first kappa shape index (κ1) is 16.2. The van der Waals surface area contributed by atoms with Gasteiger partial charge in [-0.25, -0.2) is 15.0 Å². The van der Waals surface area contributed by atoms with Crippen LogP contribution in [0.3, 0.4) is 0 Å². The number of hydrogen-bond acceptors (Lipinski definition) is 5. The van der Waals surface area contributed by atoms with Gasteiger partial charge in [-0.05, 0) is 38.1 Å². The van der Waals surface area contributed by atoms with Crippen molar-refractivity contribution in [3.05, 3.63) is 60.9 Å². The summed E-state index contributed by atoms with van der Waals surface area (Å²) in [5.41, 5.74) is 0.662. The van der Waals surface area contributed by atoms with Gasteiger partial charge in [0.25, 0.3) is 0 Å². The maximum atomic E-state index is 12.3. The summed E-state index contributed by atoms with van der Waals surface area (Å²) in [6.45, 7) is 3.76. The van der Waals surface area contributed by atoms with Crippen LogP contribution in [0.25, 0.3) is 5.82 Å². The summed E-state index contributed by atoms with van der Waals surface area (Å²) in [4.78, 5) is 25.0. The SMILES string of the molecule is Cc1nccn1-c1ccc(NC(=O)C(C)Sc2ccccn2)cn1. The van der Waals surface area contributed by atoms with Crippen LogP contribution in [-0.2, 0) is 4.79 Å². The molecule has 0 aliphatic carbocycles. The molecule has 1 atom stereocenters. The van der Waals surface area contributed by atoms with Crippen molar-refractivity contribution < 1.29 is 4.79 Å². The lowest BCUT2D eigenvalue weighted by atomic mass is 10.3. The number of imidazole rings is 1. The number of amides is 1. The van der Waals surface area contributed by atoms with Crippen LogP contribution in [-0.4, -0.2) is 30.7 Å². The van der Waals surface area contributed by atoms with Crippen LogP contribution in [0.1, 0.15) is 12.7 Å². The predicted octanol–water partition coefficient (Wildman–Crippen LogP) is 3.09. The zero-order valence-electron chi connectivity index (χ0n) is 13.4. The monoisotopic (exact) mass is 339 g/mol. The number of thioether (sulfide) groups is 1. The van der Waals surface area contributed by atoms with E-state index in [2.05, 4.69) is 20.3 Å². The third-order valence-electron chi connectivity index (χ3n) is 3.39. The minimum atomic E-state index is -0.254. The number of nitrogens with zero attached hydrogens (tertiary/aromatic N) is 4. The number of carbonyl (C=O) groups is 1. The Labute approximate surface area is 144 Å². The van der Waals surface area contributed by atoms with Crippen LogP contribution in [0.5, 0.6) is 0 Å². The van der Waals surface area contributed by atoms with Crippen molar-refractivity contribution >= 4 is 23.4 Å². The number of carbonyl (C=O) groups excluding carboxylic acids is 1. The van der Waals surface area contributed by atoms with Crippen LogP contribution in [0, 0.1) is 6.92 Å². The van der Waals surface area contributed by atoms with Gasteiger partial charge < -0.3 is 5.32 Å². The van der Waals surface area contributed by atoms with Crippen LogP contribution in [0.2, 0.25) is 0 Å². The average molecular weight is 339 g/mol. The normalized spacial score (nSPS) is 11.9. The molecule has 0 radical (unpaired) electrons. The van der Waals surface area contributed by atoms with Crippen molar-refractivity contribution in [2.24, 2.45) is 0 Å². The van der Waals surface area contributed by atoms with E-state index < -0.39 is 0 Å². The van der Waals surface area contributed by atoms with Crippen molar-refractivity contribution in [3.63, 3.8) is 0 Å². The summed E-state index contributed by atoms with van der Waals surface area (Å²) in [6.07, 6.45) is 6.93. The fraction of sp³-hybridized carbons (Fsp3) is 0.176. The molecule has 1 amide bonds. The Morgan fingerprint density at radius 3 is 2.67 bits per heavy atom. The molecule has 0 spiro atoms. The van der Waals surface area contributed by atoms with Crippen LogP contribution in [0.4, 0.5) is 5.69 Å². The second-order valence-corrected chi connectivity index (χ2v) is 6.53. The summed E-state index contributed by atoms with van der Waals surface area (Å²) in [5, 5.41) is 3.44. The standard InChI is InChI=1S/C17H17N5OS/c1-12(24-16-5-3-4-8-19-16)17(23)21-14-6-7-15(20-11-14)22-10-9-18-13(22)2/h3-12H,1-2H3,(H,21,23). The molecule has 0 aliphatic rings. The molecule has 7 heteroatoms. The maximum Gasteiger partial charge on any atom is 0.237 e. The maximum absolute atomic E-state index is 12.3. The van der Waals surface area contributed by atoms with Crippen LogP contribution >= 0.6 is 11.8 Å². The van der Waals surface area contributed by atoms with E-state index in [1.807, 2.05) is 54.9 Å². The minimum absolute atomic E-state index is 0.0842. The molecule has 0 fully saturated rings. The lowest BCUT2D eigenvalue weighted by Crippen LogP contribution is -2.22. The molecule has 1 N–H and O–H groups in total. The van der Waals surface area contributed by atoms with Crippen LogP contribution < -0.4 is 5.32 Å². The zero-order valence-corrected chi connectivity index (χ0v) is 14.2. The van der Waals surface area contributed by atoms with E-state index in [1.54, 1.807) is 18.6 Å². The first-order valence-corrected chi connectivity index (χ1v) is 8.36. The smallest absolute Gasteiger partial charge is 0.237 e. The molecule has 122 valence electrons. The number of aryl methyl sites for hydroxylation is 1. The van der Waals surface area contributed by atoms with Crippen molar-refractivity contribution in [1.29, 1.82) is 0 Å². The summed E-state index contributed by atoms with van der Waals surface area (Å²) in [6, 6.07) is 9.32. The van der Waals surface area contributed by atoms with Gasteiger partial charge in [-0.15, -0.1) is 0 Å². The topological polar surface area (TPSA) is 72.7 Å². The molecule has 0 saturated heterocycles. The molecule has 0 bridgehead atoms. The first-order chi connectivity index (χ1) is 11.6. The zero-order chi connectivity index (χ0) is 16.9. The van der Waals surface area contributed by atoms with Gasteiger partial charge in [0.1, 0.15) is 11.6 Å². The Balaban J connectivity index is 1.63.